The Balaban J connectivity index is 5.24. The molecule has 4 unspecified atom stereocenters. The SMILES string of the molecule is CCCCCCCCCCCCCC(=O)OC[C@H](COP(=O)(O)OC[C@H](O)COP(=O)(O)OC[C@@H](COC(=O)CCCCCCCCCCCCC(C)CC)OC(=O)CCCCCCCCCCCCCCCCCCCCC(C)C)OC(=O)CCCCCCCCCCCCC(C)CC. The minimum absolute atomic E-state index is 0.106. The Morgan fingerprint density at radius 2 is 0.510 bits per heavy atom. The van der Waals surface area contributed by atoms with E-state index in [0.29, 0.717) is 25.7 Å². The normalized spacial score (nSPS) is 14.5. The third kappa shape index (κ3) is 71.7. The minimum Gasteiger partial charge on any atom is -0.462 e. The van der Waals surface area contributed by atoms with E-state index < -0.39 is 97.5 Å². The number of rotatable bonds is 79. The van der Waals surface area contributed by atoms with Crippen LogP contribution in [-0.4, -0.2) is 96.7 Å². The van der Waals surface area contributed by atoms with Gasteiger partial charge >= 0.3 is 39.5 Å². The van der Waals surface area contributed by atoms with Crippen molar-refractivity contribution in [3.8, 4) is 0 Å². The van der Waals surface area contributed by atoms with Gasteiger partial charge in [0.15, 0.2) is 12.2 Å². The Hall–Kier alpha value is -1.94. The van der Waals surface area contributed by atoms with Gasteiger partial charge in [-0.2, -0.15) is 0 Å². The van der Waals surface area contributed by atoms with Gasteiger partial charge in [0.05, 0.1) is 26.4 Å². The lowest BCUT2D eigenvalue weighted by Gasteiger charge is -2.21. The molecular formula is C81H158O17P2. The molecule has 100 heavy (non-hydrogen) atoms. The lowest BCUT2D eigenvalue weighted by molar-refractivity contribution is -0.161. The average Bonchev–Trinajstić information content (AvgIpc) is 0.934. The molecular weight excluding hydrogens is 1310 g/mol. The van der Waals surface area contributed by atoms with Gasteiger partial charge < -0.3 is 33.8 Å². The fraction of sp³-hybridized carbons (Fsp3) is 0.951. The number of phosphoric ester groups is 2. The van der Waals surface area contributed by atoms with Gasteiger partial charge in [-0.15, -0.1) is 0 Å². The van der Waals surface area contributed by atoms with E-state index in [1.54, 1.807) is 0 Å². The molecule has 0 bridgehead atoms. The van der Waals surface area contributed by atoms with Crippen LogP contribution in [0.4, 0.5) is 0 Å². The van der Waals surface area contributed by atoms with E-state index >= 15 is 0 Å². The van der Waals surface area contributed by atoms with Crippen LogP contribution < -0.4 is 0 Å². The zero-order chi connectivity index (χ0) is 73.7. The largest absolute Gasteiger partial charge is 0.472 e. The smallest absolute Gasteiger partial charge is 0.462 e. The van der Waals surface area contributed by atoms with Crippen LogP contribution in [0.2, 0.25) is 0 Å². The van der Waals surface area contributed by atoms with E-state index in [1.165, 1.54) is 231 Å². The number of aliphatic hydroxyl groups is 1. The maximum absolute atomic E-state index is 13.1. The number of esters is 4. The molecule has 17 nitrogen and oxygen atoms in total. The molecule has 0 saturated carbocycles. The highest BCUT2D eigenvalue weighted by Gasteiger charge is 2.30. The van der Waals surface area contributed by atoms with E-state index in [9.17, 15) is 43.2 Å². The second kappa shape index (κ2) is 71.3. The van der Waals surface area contributed by atoms with Crippen LogP contribution in [0.1, 0.15) is 421 Å². The van der Waals surface area contributed by atoms with Crippen molar-refractivity contribution < 1.29 is 80.2 Å². The fourth-order valence-electron chi connectivity index (χ4n) is 12.4. The zero-order valence-electron chi connectivity index (χ0n) is 65.7. The van der Waals surface area contributed by atoms with Crippen molar-refractivity contribution >= 4 is 39.5 Å². The van der Waals surface area contributed by atoms with Crippen LogP contribution >= 0.6 is 15.6 Å². The summed E-state index contributed by atoms with van der Waals surface area (Å²) in [6.07, 6.45) is 59.5. The molecule has 0 fully saturated rings. The number of phosphoric acid groups is 2. The highest BCUT2D eigenvalue weighted by atomic mass is 31.2. The van der Waals surface area contributed by atoms with Crippen LogP contribution in [0.3, 0.4) is 0 Å². The molecule has 0 amide bonds. The first-order chi connectivity index (χ1) is 48.3. The number of unbranched alkanes of at least 4 members (excludes halogenated alkanes) is 45. The highest BCUT2D eigenvalue weighted by molar-refractivity contribution is 7.47. The standard InChI is InChI=1S/C81H158O17P2/c1-8-11-12-13-14-15-24-34-41-48-55-62-78(83)91-68-77(98-81(86)65-58-51-44-37-30-28-33-40-47-54-61-74(7)10-3)71-96-100(89,90)94-67-75(82)66-93-99(87,88)95-70-76(69-92-79(84)63-56-49-42-35-29-27-32-39-46-53-60-73(6)9-2)97-80(85)64-57-50-43-36-26-23-21-19-17-16-18-20-22-25-31-38-45-52-59-72(4)5/h72-77,82H,8-71H2,1-7H3,(H,87,88)(H,89,90)/t73?,74?,75-,76-,77-/m1/s1. The Morgan fingerprint density at radius 1 is 0.290 bits per heavy atom. The highest BCUT2D eigenvalue weighted by Crippen LogP contribution is 2.45. The third-order valence-electron chi connectivity index (χ3n) is 19.6. The summed E-state index contributed by atoms with van der Waals surface area (Å²) >= 11 is 0. The average molecular weight is 1470 g/mol. The molecule has 0 aliphatic heterocycles. The fourth-order valence-corrected chi connectivity index (χ4v) is 14.0. The molecule has 594 valence electrons. The van der Waals surface area contributed by atoms with Gasteiger partial charge in [-0.1, -0.05) is 370 Å². The quantitative estimate of drug-likeness (QED) is 0.0222. The maximum atomic E-state index is 13.1. The Labute approximate surface area is 613 Å². The first kappa shape index (κ1) is 98.1. The van der Waals surface area contributed by atoms with Gasteiger partial charge in [0.2, 0.25) is 0 Å². The van der Waals surface area contributed by atoms with Gasteiger partial charge in [0.25, 0.3) is 0 Å². The van der Waals surface area contributed by atoms with E-state index in [-0.39, 0.29) is 25.7 Å². The maximum Gasteiger partial charge on any atom is 0.472 e. The summed E-state index contributed by atoms with van der Waals surface area (Å²) in [5.41, 5.74) is 0. The number of carbonyl (C=O) groups excluding carboxylic acids is 4. The second-order valence-electron chi connectivity index (χ2n) is 30.1. The number of hydrogen-bond donors (Lipinski definition) is 3. The van der Waals surface area contributed by atoms with E-state index in [4.69, 9.17) is 37.0 Å². The van der Waals surface area contributed by atoms with Gasteiger partial charge in [-0.05, 0) is 43.4 Å². The second-order valence-corrected chi connectivity index (χ2v) is 33.0. The molecule has 0 spiro atoms. The lowest BCUT2D eigenvalue weighted by atomic mass is 9.99. The van der Waals surface area contributed by atoms with Crippen molar-refractivity contribution in [2.45, 2.75) is 439 Å². The predicted molar refractivity (Wildman–Crippen MR) is 409 cm³/mol. The number of aliphatic hydroxyl groups excluding tert-OH is 1. The Morgan fingerprint density at radius 3 is 0.760 bits per heavy atom. The molecule has 0 rings (SSSR count). The van der Waals surface area contributed by atoms with E-state index in [1.807, 2.05) is 0 Å². The summed E-state index contributed by atoms with van der Waals surface area (Å²) in [4.78, 5) is 73.0. The van der Waals surface area contributed by atoms with E-state index in [2.05, 4.69) is 48.5 Å². The van der Waals surface area contributed by atoms with Crippen molar-refractivity contribution in [3.05, 3.63) is 0 Å². The molecule has 0 radical (unpaired) electrons. The van der Waals surface area contributed by atoms with Gasteiger partial charge in [0.1, 0.15) is 19.3 Å². The van der Waals surface area contributed by atoms with Crippen molar-refractivity contribution in [2.75, 3.05) is 39.6 Å². The van der Waals surface area contributed by atoms with Gasteiger partial charge in [-0.25, -0.2) is 9.13 Å². The van der Waals surface area contributed by atoms with Crippen LogP contribution in [0.5, 0.6) is 0 Å². The van der Waals surface area contributed by atoms with Gasteiger partial charge in [-0.3, -0.25) is 37.3 Å². The van der Waals surface area contributed by atoms with Crippen LogP contribution in [-0.2, 0) is 65.4 Å². The molecule has 7 atom stereocenters. The van der Waals surface area contributed by atoms with Crippen LogP contribution in [0, 0.1) is 17.8 Å². The van der Waals surface area contributed by atoms with Crippen LogP contribution in [0.15, 0.2) is 0 Å². The van der Waals surface area contributed by atoms with Gasteiger partial charge in [0, 0.05) is 25.7 Å². The first-order valence-electron chi connectivity index (χ1n) is 41.9. The van der Waals surface area contributed by atoms with Crippen molar-refractivity contribution in [2.24, 2.45) is 17.8 Å². The molecule has 0 aromatic heterocycles. The predicted octanol–water partition coefficient (Wildman–Crippen LogP) is 24.1. The molecule has 0 saturated heterocycles. The molecule has 19 heteroatoms. The lowest BCUT2D eigenvalue weighted by Crippen LogP contribution is -2.30. The van der Waals surface area contributed by atoms with Crippen molar-refractivity contribution in [1.29, 1.82) is 0 Å². The number of hydrogen-bond acceptors (Lipinski definition) is 15. The molecule has 0 aliphatic rings. The summed E-state index contributed by atoms with van der Waals surface area (Å²) in [7, 11) is -9.92. The summed E-state index contributed by atoms with van der Waals surface area (Å²) in [5, 5.41) is 10.6. The minimum atomic E-state index is -4.96. The molecule has 0 aliphatic carbocycles. The molecule has 3 N–H and O–H groups in total. The zero-order valence-corrected chi connectivity index (χ0v) is 67.5. The van der Waals surface area contributed by atoms with E-state index in [0.717, 1.165) is 108 Å². The Kier molecular flexibility index (Phi) is 69.9. The monoisotopic (exact) mass is 1470 g/mol. The van der Waals surface area contributed by atoms with Crippen molar-refractivity contribution in [3.63, 3.8) is 0 Å². The topological polar surface area (TPSA) is 237 Å². The van der Waals surface area contributed by atoms with Crippen LogP contribution in [0.25, 0.3) is 0 Å². The summed E-state index contributed by atoms with van der Waals surface area (Å²) in [5.74, 6) is 0.322. The molecule has 0 aromatic carbocycles. The number of ether oxygens (including phenoxy) is 4. The number of carbonyl (C=O) groups is 4. The molecule has 0 heterocycles. The summed E-state index contributed by atoms with van der Waals surface area (Å²) in [6, 6.07) is 0. The first-order valence-corrected chi connectivity index (χ1v) is 44.9. The Bertz CT molecular complexity index is 1940. The summed E-state index contributed by atoms with van der Waals surface area (Å²) < 4.78 is 68.7. The molecule has 0 aromatic rings. The third-order valence-corrected chi connectivity index (χ3v) is 21.5. The van der Waals surface area contributed by atoms with Crippen molar-refractivity contribution in [1.82, 2.24) is 0 Å². The summed E-state index contributed by atoms with van der Waals surface area (Å²) in [6.45, 7) is 12.0.